The fourth-order valence-electron chi connectivity index (χ4n) is 5.29. The van der Waals surface area contributed by atoms with Gasteiger partial charge in [0.2, 0.25) is 29.1 Å². The summed E-state index contributed by atoms with van der Waals surface area (Å²) in [6.07, 6.45) is 1.13. The number of nitrogens with zero attached hydrogens (tertiary/aromatic N) is 1. The predicted octanol–water partition coefficient (Wildman–Crippen LogP) is 4.93. The molecule has 0 radical (unpaired) electrons. The quantitative estimate of drug-likeness (QED) is 0.0314. The van der Waals surface area contributed by atoms with E-state index in [0.717, 1.165) is 42.9 Å². The molecule has 418 valence electrons. The lowest BCUT2D eigenvalue weighted by Gasteiger charge is -2.18. The predicted molar refractivity (Wildman–Crippen MR) is 288 cm³/mol. The monoisotopic (exact) mass is 1150 g/mol. The van der Waals surface area contributed by atoms with Crippen LogP contribution in [0.1, 0.15) is 63.6 Å². The fourth-order valence-corrected chi connectivity index (χ4v) is 9.16. The Kier molecular flexibility index (Phi) is 42.8. The van der Waals surface area contributed by atoms with Crippen LogP contribution in [-0.4, -0.2) is 163 Å². The van der Waals surface area contributed by atoms with Gasteiger partial charge in [0.25, 0.3) is 0 Å². The van der Waals surface area contributed by atoms with E-state index in [2.05, 4.69) is 33.5 Å². The summed E-state index contributed by atoms with van der Waals surface area (Å²) in [7, 11) is -5.82. The molecule has 0 saturated heterocycles. The Labute approximate surface area is 447 Å². The number of rotatable bonds is 33. The molecule has 0 bridgehead atoms. The molecular formula is C47H76Cl3N5O15S3. The highest BCUT2D eigenvalue weighted by Gasteiger charge is 2.25. The first-order chi connectivity index (χ1) is 34.5. The summed E-state index contributed by atoms with van der Waals surface area (Å²) in [5.74, 6) is -3.38. The number of aliphatic carboxylic acids is 3. The maximum Gasteiger partial charge on any atom is 0.324 e. The van der Waals surface area contributed by atoms with Gasteiger partial charge >= 0.3 is 17.9 Å². The van der Waals surface area contributed by atoms with Crippen LogP contribution in [0.2, 0.25) is 0 Å². The maximum absolute atomic E-state index is 12.1. The van der Waals surface area contributed by atoms with Gasteiger partial charge in [0, 0.05) is 22.4 Å². The minimum atomic E-state index is -3.68. The smallest absolute Gasteiger partial charge is 0.324 e. The Bertz CT molecular complexity index is 2210. The van der Waals surface area contributed by atoms with Crippen molar-refractivity contribution in [1.82, 2.24) is 19.7 Å². The minimum Gasteiger partial charge on any atom is -0.480 e. The van der Waals surface area contributed by atoms with E-state index in [1.807, 2.05) is 105 Å². The molecule has 0 aliphatic heterocycles. The van der Waals surface area contributed by atoms with Gasteiger partial charge in [-0.25, -0.2) is 25.3 Å². The normalized spacial score (nSPS) is 12.5. The van der Waals surface area contributed by atoms with Gasteiger partial charge in [0.1, 0.15) is 18.1 Å². The van der Waals surface area contributed by atoms with Crippen molar-refractivity contribution >= 4 is 80.9 Å². The molecule has 3 aromatic carbocycles. The summed E-state index contributed by atoms with van der Waals surface area (Å²) >= 11 is 10.6. The van der Waals surface area contributed by atoms with E-state index in [1.54, 1.807) is 0 Å². The molecular weight excluding hydrogens is 1080 g/mol. The zero-order valence-corrected chi connectivity index (χ0v) is 46.7. The SMILES string of the molecule is CCN(CC)CCCS(=O)(=O)N[C@H](COCc1ccccc1)C(=O)O.CCNCC.N[C@H](COCc1ccccc1)C(=O)O.O=C(O)[C@@H](COCc1ccccc1)NS(=O)(=O)CCCCl.O=S(=O)(Cl)CCCCl. The van der Waals surface area contributed by atoms with Crippen LogP contribution in [0, 0.1) is 0 Å². The molecule has 0 aliphatic rings. The number of halogens is 3. The highest BCUT2D eigenvalue weighted by Crippen LogP contribution is 2.05. The fraction of sp³-hybridized carbons (Fsp3) is 0.553. The largest absolute Gasteiger partial charge is 0.480 e. The molecule has 3 aromatic rings. The van der Waals surface area contributed by atoms with Gasteiger partial charge in [-0.2, -0.15) is 9.44 Å². The number of hydrogen-bond donors (Lipinski definition) is 7. The zero-order chi connectivity index (χ0) is 55.6. The van der Waals surface area contributed by atoms with Crippen molar-refractivity contribution in [3.63, 3.8) is 0 Å². The van der Waals surface area contributed by atoms with Crippen LogP contribution in [0.3, 0.4) is 0 Å². The number of carboxylic acids is 3. The first-order valence-corrected chi connectivity index (χ1v) is 30.1. The van der Waals surface area contributed by atoms with Gasteiger partial charge in [-0.1, -0.05) is 119 Å². The topological polar surface area (TPSA) is 307 Å². The molecule has 0 unspecified atom stereocenters. The average molecular weight is 1150 g/mol. The highest BCUT2D eigenvalue weighted by molar-refractivity contribution is 8.13. The summed E-state index contributed by atoms with van der Waals surface area (Å²) in [5, 5.41) is 29.8. The van der Waals surface area contributed by atoms with E-state index in [0.29, 0.717) is 31.9 Å². The third-order valence-electron chi connectivity index (χ3n) is 9.11. The second-order valence-electron chi connectivity index (χ2n) is 15.3. The molecule has 20 nitrogen and oxygen atoms in total. The van der Waals surface area contributed by atoms with Gasteiger partial charge < -0.3 is 45.5 Å². The molecule has 3 atom stereocenters. The Morgan fingerprint density at radius 2 is 0.904 bits per heavy atom. The number of hydrogen-bond acceptors (Lipinski definition) is 15. The standard InChI is InChI=1S/C17H28N2O5S.C13H18ClNO5S.C10H13NO3.C4H11N.C3H6Cl2O2S/c1-3-19(4-2)11-8-12-25(22,23)18-16(17(20)21)14-24-13-15-9-6-5-7-10-15;14-7-4-8-21(18,19)15-12(13(16)17)10-20-9-11-5-2-1-3-6-11;11-9(10(12)13)7-14-6-8-4-2-1-3-5-8;1-3-5-4-2;4-2-1-3-8(5,6)7/h5-7,9-10,16,18H,3-4,8,11-14H2,1-2H3,(H,20,21);1-3,5-6,12,15H,4,7-10H2,(H,16,17);1-5,9H,6-7,11H2,(H,12,13);5H,3-4H2,1-2H3;1-3H2/t16-;12-;9-;;/m111../s1. The van der Waals surface area contributed by atoms with E-state index >= 15 is 0 Å². The van der Waals surface area contributed by atoms with Crippen LogP contribution < -0.4 is 20.5 Å². The van der Waals surface area contributed by atoms with Gasteiger partial charge in [-0.15, -0.1) is 23.2 Å². The number of nitrogens with one attached hydrogen (secondary N) is 3. The lowest BCUT2D eigenvalue weighted by molar-refractivity contribution is -0.141. The number of ether oxygens (including phenoxy) is 3. The molecule has 0 amide bonds. The molecule has 0 heterocycles. The molecule has 0 spiro atoms. The van der Waals surface area contributed by atoms with Crippen molar-refractivity contribution < 1.29 is 69.2 Å². The zero-order valence-electron chi connectivity index (χ0n) is 42.0. The van der Waals surface area contributed by atoms with Crippen molar-refractivity contribution in [3.05, 3.63) is 108 Å². The van der Waals surface area contributed by atoms with E-state index in [1.165, 1.54) is 0 Å². The van der Waals surface area contributed by atoms with E-state index < -0.39 is 65.1 Å². The van der Waals surface area contributed by atoms with Gasteiger partial charge in [0.05, 0.1) is 56.9 Å². The van der Waals surface area contributed by atoms with Gasteiger partial charge in [0.15, 0.2) is 0 Å². The van der Waals surface area contributed by atoms with Crippen LogP contribution in [-0.2, 0) is 77.5 Å². The summed E-state index contributed by atoms with van der Waals surface area (Å²) in [6, 6.07) is 24.5. The van der Waals surface area contributed by atoms with E-state index in [9.17, 15) is 44.7 Å². The van der Waals surface area contributed by atoms with Crippen LogP contribution in [0.4, 0.5) is 0 Å². The van der Waals surface area contributed by atoms with Crippen molar-refractivity contribution in [2.24, 2.45) is 5.73 Å². The third kappa shape index (κ3) is 43.4. The Morgan fingerprint density at radius 3 is 1.18 bits per heavy atom. The lowest BCUT2D eigenvalue weighted by atomic mass is 10.2. The summed E-state index contributed by atoms with van der Waals surface area (Å²) in [5.41, 5.74) is 8.04. The molecule has 8 N–H and O–H groups in total. The van der Waals surface area contributed by atoms with Crippen LogP contribution in [0.25, 0.3) is 0 Å². The third-order valence-corrected chi connectivity index (χ3v) is 13.8. The van der Waals surface area contributed by atoms with Crippen molar-refractivity contribution in [2.75, 3.05) is 81.6 Å². The molecule has 0 saturated carbocycles. The molecule has 0 aromatic heterocycles. The first kappa shape index (κ1) is 71.5. The summed E-state index contributed by atoms with van der Waals surface area (Å²) in [6.45, 7) is 13.2. The molecule has 3 rings (SSSR count). The number of nitrogens with two attached hydrogens (primary N) is 1. The van der Waals surface area contributed by atoms with Gasteiger partial charge in [-0.3, -0.25) is 14.4 Å². The van der Waals surface area contributed by atoms with E-state index in [4.69, 9.17) is 64.0 Å². The Hall–Kier alpha value is -3.53. The summed E-state index contributed by atoms with van der Waals surface area (Å²) in [4.78, 5) is 34.8. The molecule has 0 fully saturated rings. The highest BCUT2D eigenvalue weighted by atomic mass is 35.7. The first-order valence-electron chi connectivity index (χ1n) is 23.3. The summed E-state index contributed by atoms with van der Waals surface area (Å²) < 4.78 is 87.7. The number of carboxylic acid groups (broad SMARTS) is 3. The van der Waals surface area contributed by atoms with Gasteiger partial charge in [-0.05, 0) is 68.7 Å². The minimum absolute atomic E-state index is 0.0297. The molecule has 26 heteroatoms. The second-order valence-corrected chi connectivity index (χ2v) is 22.7. The maximum atomic E-state index is 12.1. The van der Waals surface area contributed by atoms with E-state index in [-0.39, 0.29) is 62.6 Å². The van der Waals surface area contributed by atoms with Crippen LogP contribution in [0.15, 0.2) is 91.0 Å². The second kappa shape index (κ2) is 43.7. The van der Waals surface area contributed by atoms with Crippen LogP contribution in [0.5, 0.6) is 0 Å². The van der Waals surface area contributed by atoms with Crippen molar-refractivity contribution in [3.8, 4) is 0 Å². The average Bonchev–Trinajstić information content (AvgIpc) is 3.35. The lowest BCUT2D eigenvalue weighted by Crippen LogP contribution is -2.45. The number of sulfonamides is 2. The van der Waals surface area contributed by atoms with Crippen molar-refractivity contribution in [1.29, 1.82) is 0 Å². The number of carbonyl (C=O) groups is 3. The number of benzene rings is 3. The van der Waals surface area contributed by atoms with Crippen molar-refractivity contribution in [2.45, 2.75) is 84.9 Å². The molecule has 0 aliphatic carbocycles. The number of alkyl halides is 2. The Balaban J connectivity index is 0. The van der Waals surface area contributed by atoms with Crippen LogP contribution >= 0.6 is 33.9 Å². The molecule has 73 heavy (non-hydrogen) atoms. The Morgan fingerprint density at radius 1 is 0.562 bits per heavy atom.